The van der Waals surface area contributed by atoms with Gasteiger partial charge in [-0.2, -0.15) is 0 Å². The van der Waals surface area contributed by atoms with Crippen LogP contribution >= 0.6 is 22.7 Å². The molecule has 2 aromatic heterocycles. The average molecular weight is 422 g/mol. The molecule has 0 saturated carbocycles. The van der Waals surface area contributed by atoms with Gasteiger partial charge in [0.05, 0.1) is 0 Å². The van der Waals surface area contributed by atoms with Gasteiger partial charge >= 0.3 is 138 Å². The van der Waals surface area contributed by atoms with Gasteiger partial charge in [0.2, 0.25) is 0 Å². The average Bonchev–Trinajstić information content (AvgIpc) is 3.02. The minimum atomic E-state index is 0.494. The van der Waals surface area contributed by atoms with Crippen LogP contribution in [0.25, 0.3) is 20.2 Å². The molecule has 0 saturated heterocycles. The summed E-state index contributed by atoms with van der Waals surface area (Å²) in [5, 5.41) is 3.02. The van der Waals surface area contributed by atoms with Crippen LogP contribution in [0.15, 0.2) is 48.5 Å². The minimum absolute atomic E-state index is 0.494. The van der Waals surface area contributed by atoms with Crippen molar-refractivity contribution < 1.29 is 0 Å². The molecule has 2 aromatic carbocycles. The van der Waals surface area contributed by atoms with Crippen LogP contribution in [0.5, 0.6) is 0 Å². The zero-order valence-corrected chi connectivity index (χ0v) is 15.3. The Bertz CT molecular complexity index is 885. The first-order valence-electron chi connectivity index (χ1n) is 6.29. The second kappa shape index (κ2) is 4.44. The molecule has 0 N–H and O–H groups in total. The number of thiophene rings is 2. The first-order chi connectivity index (χ1) is 9.90. The Labute approximate surface area is 137 Å². The molecule has 0 radical (unpaired) electrons. The summed E-state index contributed by atoms with van der Waals surface area (Å²) in [5.74, 6) is 0. The molecule has 0 nitrogen and oxygen atoms in total. The fourth-order valence-electron chi connectivity index (χ4n) is 2.51. The van der Waals surface area contributed by atoms with E-state index >= 15 is 0 Å². The van der Waals surface area contributed by atoms with Crippen LogP contribution in [-0.2, 0) is 0 Å². The Morgan fingerprint density at radius 2 is 1.05 bits per heavy atom. The van der Waals surface area contributed by atoms with Gasteiger partial charge in [-0.1, -0.05) is 0 Å². The van der Waals surface area contributed by atoms with Gasteiger partial charge in [-0.3, -0.25) is 0 Å². The van der Waals surface area contributed by atoms with Crippen molar-refractivity contribution in [2.45, 2.75) is 0 Å². The summed E-state index contributed by atoms with van der Waals surface area (Å²) in [5.41, 5.74) is 0. The van der Waals surface area contributed by atoms with Crippen LogP contribution in [0, 0.1) is 0 Å². The first-order valence-corrected chi connectivity index (χ1v) is 11.3. The predicted octanol–water partition coefficient (Wildman–Crippen LogP) is 1.74. The fraction of sp³-hybridized carbons (Fsp3) is 0. The van der Waals surface area contributed by atoms with E-state index in [1.165, 1.54) is 20.2 Å². The Balaban J connectivity index is 1.79. The maximum absolute atomic E-state index is 2.31. The number of fused-ring (bicyclic) bond motifs is 6. The SMILES string of the molecule is c1ccc2c3c(sc2c1)[Se]c1c(sc2ccccc12)[Se]3. The second-order valence-electron chi connectivity index (χ2n) is 4.63. The normalized spacial score (nSPS) is 13.6. The molecule has 1 aliphatic rings. The quantitative estimate of drug-likeness (QED) is 0.334. The summed E-state index contributed by atoms with van der Waals surface area (Å²) in [6.07, 6.45) is 0. The topological polar surface area (TPSA) is 0 Å². The maximum atomic E-state index is 2.31. The molecule has 0 unspecified atom stereocenters. The van der Waals surface area contributed by atoms with Crippen molar-refractivity contribution >= 4 is 89.2 Å². The summed E-state index contributed by atoms with van der Waals surface area (Å²) in [6.45, 7) is 0. The van der Waals surface area contributed by atoms with Gasteiger partial charge in [-0.05, 0) is 0 Å². The Kier molecular flexibility index (Phi) is 2.67. The molecule has 1 aliphatic heterocycles. The summed E-state index contributed by atoms with van der Waals surface area (Å²) < 4.78 is 9.60. The zero-order valence-electron chi connectivity index (χ0n) is 10.3. The van der Waals surface area contributed by atoms with Crippen LogP contribution in [0.1, 0.15) is 0 Å². The van der Waals surface area contributed by atoms with Gasteiger partial charge in [-0.25, -0.2) is 0 Å². The molecule has 0 spiro atoms. The van der Waals surface area contributed by atoms with E-state index in [1.54, 1.807) is 16.5 Å². The third-order valence-electron chi connectivity index (χ3n) is 3.43. The Morgan fingerprint density at radius 1 is 0.600 bits per heavy atom. The van der Waals surface area contributed by atoms with E-state index in [2.05, 4.69) is 48.5 Å². The number of benzene rings is 2. The molecule has 0 fully saturated rings. The summed E-state index contributed by atoms with van der Waals surface area (Å²) >= 11 is 5.03. The number of rotatable bonds is 0. The van der Waals surface area contributed by atoms with E-state index in [9.17, 15) is 0 Å². The molecule has 4 aromatic rings. The molecule has 0 aliphatic carbocycles. The van der Waals surface area contributed by atoms with Crippen molar-refractivity contribution in [3.8, 4) is 0 Å². The van der Waals surface area contributed by atoms with Crippen LogP contribution < -0.4 is 16.5 Å². The summed E-state index contributed by atoms with van der Waals surface area (Å²) in [6, 6.07) is 17.8. The Hall–Kier alpha value is -0.601. The van der Waals surface area contributed by atoms with Crippen LogP contribution in [0.4, 0.5) is 0 Å². The van der Waals surface area contributed by atoms with Crippen molar-refractivity contribution in [2.24, 2.45) is 0 Å². The fourth-order valence-corrected chi connectivity index (χ4v) is 13.0. The van der Waals surface area contributed by atoms with Gasteiger partial charge < -0.3 is 0 Å². The third kappa shape index (κ3) is 1.64. The molecular weight excluding hydrogens is 414 g/mol. The first kappa shape index (κ1) is 12.0. The van der Waals surface area contributed by atoms with Crippen molar-refractivity contribution in [1.29, 1.82) is 0 Å². The van der Waals surface area contributed by atoms with Gasteiger partial charge in [-0.15, -0.1) is 0 Å². The zero-order chi connectivity index (χ0) is 13.1. The van der Waals surface area contributed by atoms with Crippen LogP contribution in [-0.4, -0.2) is 29.9 Å². The monoisotopic (exact) mass is 424 g/mol. The van der Waals surface area contributed by atoms with Gasteiger partial charge in [0.1, 0.15) is 0 Å². The number of hydrogen-bond donors (Lipinski definition) is 0. The molecule has 5 rings (SSSR count). The number of hydrogen-bond acceptors (Lipinski definition) is 2. The van der Waals surface area contributed by atoms with Crippen LogP contribution in [0.3, 0.4) is 0 Å². The van der Waals surface area contributed by atoms with Gasteiger partial charge in [0.25, 0.3) is 0 Å². The van der Waals surface area contributed by atoms with Crippen molar-refractivity contribution in [3.63, 3.8) is 0 Å². The van der Waals surface area contributed by atoms with Crippen LogP contribution in [0.2, 0.25) is 0 Å². The molecular formula is C16H8S2Se2. The van der Waals surface area contributed by atoms with Crippen molar-refractivity contribution in [2.75, 3.05) is 0 Å². The predicted molar refractivity (Wildman–Crippen MR) is 93.7 cm³/mol. The van der Waals surface area contributed by atoms with E-state index in [0.29, 0.717) is 29.9 Å². The standard InChI is InChI=1S/C16H8S2Se2/c1-3-7-11-9(5-1)13-15(17-11)20-14-10-6-2-4-8-12(10)18-16(14)19-13/h1-8H. The molecule has 96 valence electrons. The Morgan fingerprint density at radius 3 is 1.55 bits per heavy atom. The van der Waals surface area contributed by atoms with E-state index in [0.717, 1.165) is 0 Å². The third-order valence-corrected chi connectivity index (χ3v) is 13.4. The summed E-state index contributed by atoms with van der Waals surface area (Å²) in [7, 11) is 0. The molecule has 0 atom stereocenters. The second-order valence-corrected chi connectivity index (χ2v) is 12.2. The molecule has 0 amide bonds. The van der Waals surface area contributed by atoms with E-state index < -0.39 is 0 Å². The van der Waals surface area contributed by atoms with Gasteiger partial charge in [0.15, 0.2) is 0 Å². The van der Waals surface area contributed by atoms with E-state index in [-0.39, 0.29) is 0 Å². The van der Waals surface area contributed by atoms with Crippen molar-refractivity contribution in [3.05, 3.63) is 48.5 Å². The molecule has 20 heavy (non-hydrogen) atoms. The van der Waals surface area contributed by atoms with E-state index in [4.69, 9.17) is 0 Å². The molecule has 4 heteroatoms. The van der Waals surface area contributed by atoms with E-state index in [1.807, 2.05) is 22.7 Å². The van der Waals surface area contributed by atoms with Crippen molar-refractivity contribution in [1.82, 2.24) is 0 Å². The molecule has 3 heterocycles. The van der Waals surface area contributed by atoms with Gasteiger partial charge in [0, 0.05) is 0 Å². The summed E-state index contributed by atoms with van der Waals surface area (Å²) in [4.78, 5) is 0. The molecule has 0 bridgehead atoms.